The van der Waals surface area contributed by atoms with E-state index in [0.717, 1.165) is 0 Å². The largest absolute Gasteiger partial charge is 0.482 e. The monoisotopic (exact) mass is 418 g/mol. The molecule has 2 heterocycles. The molecule has 142 valence electrons. The molecule has 0 fully saturated rings. The molecule has 0 bridgehead atoms. The molecule has 0 aliphatic rings. The SMILES string of the molecule is [2H]C([2H])([2H])n1nnc([C@@H](C)Oc2ccc(-c3cccc(Cl)c3Cl)c3ncnc(N)c23)n1. The number of hydrogen-bond acceptors (Lipinski definition) is 7. The first-order valence-corrected chi connectivity index (χ1v) is 8.87. The number of nitrogens with zero attached hydrogens (tertiary/aromatic N) is 6. The van der Waals surface area contributed by atoms with Crippen LogP contribution in [0.3, 0.4) is 0 Å². The van der Waals surface area contributed by atoms with Crippen molar-refractivity contribution in [3.63, 3.8) is 0 Å². The number of fused-ring (bicyclic) bond motifs is 1. The molecule has 28 heavy (non-hydrogen) atoms. The summed E-state index contributed by atoms with van der Waals surface area (Å²) in [4.78, 5) is 8.99. The number of nitrogen functional groups attached to an aromatic ring is 1. The van der Waals surface area contributed by atoms with Crippen molar-refractivity contribution in [1.29, 1.82) is 0 Å². The summed E-state index contributed by atoms with van der Waals surface area (Å²) in [6.07, 6.45) is 0.621. The molecule has 0 spiro atoms. The standard InChI is InChI=1S/C18H15Cl2N7O/c1-9(18-24-26-27(2)25-18)28-13-7-6-11(10-4-3-5-12(19)15(10)20)16-14(13)17(21)23-8-22-16/h3-9H,1-2H3,(H2,21,22,23)/t9-/m1/s1/i2D3. The number of aromatic nitrogens is 6. The van der Waals surface area contributed by atoms with Crippen LogP contribution in [-0.2, 0) is 6.98 Å². The highest BCUT2D eigenvalue weighted by Crippen LogP contribution is 2.40. The zero-order valence-corrected chi connectivity index (χ0v) is 16.0. The van der Waals surface area contributed by atoms with E-state index in [2.05, 4.69) is 25.4 Å². The Bertz CT molecular complexity index is 1280. The Labute approximate surface area is 174 Å². The van der Waals surface area contributed by atoms with Crippen LogP contribution >= 0.6 is 23.2 Å². The van der Waals surface area contributed by atoms with E-state index in [1.807, 2.05) is 6.07 Å². The zero-order chi connectivity index (χ0) is 22.3. The molecule has 0 aliphatic heterocycles. The Morgan fingerprint density at radius 3 is 2.82 bits per heavy atom. The number of tetrazole rings is 1. The molecule has 2 aromatic carbocycles. The Kier molecular flexibility index (Phi) is 3.87. The summed E-state index contributed by atoms with van der Waals surface area (Å²) < 4.78 is 28.1. The molecule has 2 aromatic heterocycles. The maximum Gasteiger partial charge on any atom is 0.214 e. The van der Waals surface area contributed by atoms with E-state index in [-0.39, 0.29) is 11.6 Å². The smallest absolute Gasteiger partial charge is 0.214 e. The van der Waals surface area contributed by atoms with Gasteiger partial charge >= 0.3 is 0 Å². The maximum absolute atomic E-state index is 7.36. The van der Waals surface area contributed by atoms with Crippen molar-refractivity contribution >= 4 is 39.9 Å². The number of aryl methyl sites for hydroxylation is 1. The van der Waals surface area contributed by atoms with Crippen LogP contribution in [0.2, 0.25) is 10.0 Å². The molecular weight excluding hydrogens is 401 g/mol. The maximum atomic E-state index is 7.36. The van der Waals surface area contributed by atoms with Crippen molar-refractivity contribution in [3.05, 3.63) is 52.5 Å². The first kappa shape index (κ1) is 15.0. The van der Waals surface area contributed by atoms with E-state index in [9.17, 15) is 0 Å². The predicted molar refractivity (Wildman–Crippen MR) is 107 cm³/mol. The van der Waals surface area contributed by atoms with Crippen molar-refractivity contribution in [2.45, 2.75) is 13.0 Å². The van der Waals surface area contributed by atoms with Gasteiger partial charge < -0.3 is 10.5 Å². The average molecular weight is 419 g/mol. The van der Waals surface area contributed by atoms with Gasteiger partial charge in [-0.2, -0.15) is 4.80 Å². The number of ether oxygens (including phenoxy) is 1. The van der Waals surface area contributed by atoms with Gasteiger partial charge in [0.2, 0.25) is 5.82 Å². The topological polar surface area (TPSA) is 105 Å². The Balaban J connectivity index is 1.78. The van der Waals surface area contributed by atoms with Gasteiger partial charge in [0.1, 0.15) is 17.9 Å². The molecule has 0 radical (unpaired) electrons. The highest BCUT2D eigenvalue weighted by atomic mass is 35.5. The Morgan fingerprint density at radius 2 is 2.04 bits per heavy atom. The van der Waals surface area contributed by atoms with Gasteiger partial charge in [-0.1, -0.05) is 35.3 Å². The number of rotatable bonds is 4. The molecule has 0 amide bonds. The summed E-state index contributed by atoms with van der Waals surface area (Å²) in [5.74, 6) is 0.667. The average Bonchev–Trinajstić information content (AvgIpc) is 3.22. The minimum Gasteiger partial charge on any atom is -0.482 e. The summed E-state index contributed by atoms with van der Waals surface area (Å²) >= 11 is 12.6. The van der Waals surface area contributed by atoms with Gasteiger partial charge in [-0.15, -0.1) is 10.2 Å². The first-order valence-electron chi connectivity index (χ1n) is 9.61. The van der Waals surface area contributed by atoms with Crippen LogP contribution in [0.5, 0.6) is 5.75 Å². The molecule has 10 heteroatoms. The summed E-state index contributed by atoms with van der Waals surface area (Å²) in [6.45, 7) is -0.873. The van der Waals surface area contributed by atoms with E-state index in [1.54, 1.807) is 31.2 Å². The summed E-state index contributed by atoms with van der Waals surface area (Å²) in [7, 11) is 0. The molecule has 2 N–H and O–H groups in total. The van der Waals surface area contributed by atoms with Crippen LogP contribution in [0.1, 0.15) is 23.0 Å². The second-order valence-electron chi connectivity index (χ2n) is 5.89. The van der Waals surface area contributed by atoms with E-state index in [1.165, 1.54) is 6.33 Å². The molecule has 0 aliphatic carbocycles. The third kappa shape index (κ3) is 3.21. The number of nitrogens with two attached hydrogens (primary N) is 1. The van der Waals surface area contributed by atoms with E-state index >= 15 is 0 Å². The molecule has 4 rings (SSSR count). The van der Waals surface area contributed by atoms with Gasteiger partial charge in [0.25, 0.3) is 0 Å². The van der Waals surface area contributed by atoms with Crippen LogP contribution in [-0.4, -0.2) is 30.2 Å². The van der Waals surface area contributed by atoms with Gasteiger partial charge in [-0.3, -0.25) is 0 Å². The van der Waals surface area contributed by atoms with Gasteiger partial charge in [0.05, 0.1) is 27.9 Å². The fourth-order valence-electron chi connectivity index (χ4n) is 2.83. The zero-order valence-electron chi connectivity index (χ0n) is 17.5. The molecule has 0 saturated carbocycles. The van der Waals surface area contributed by atoms with Crippen LogP contribution < -0.4 is 10.5 Å². The molecule has 0 unspecified atom stereocenters. The van der Waals surface area contributed by atoms with Gasteiger partial charge in [-0.05, 0) is 30.3 Å². The van der Waals surface area contributed by atoms with Crippen LogP contribution in [0.25, 0.3) is 22.0 Å². The third-order valence-corrected chi connectivity index (χ3v) is 4.94. The molecule has 4 aromatic rings. The van der Waals surface area contributed by atoms with E-state index < -0.39 is 13.1 Å². The number of hydrogen-bond donors (Lipinski definition) is 1. The lowest BCUT2D eigenvalue weighted by atomic mass is 10.0. The fraction of sp³-hybridized carbons (Fsp3) is 0.167. The second kappa shape index (κ2) is 7.21. The lowest BCUT2D eigenvalue weighted by Crippen LogP contribution is -2.07. The molecule has 1 atom stereocenters. The number of anilines is 1. The third-order valence-electron chi connectivity index (χ3n) is 4.12. The molecule has 8 nitrogen and oxygen atoms in total. The van der Waals surface area contributed by atoms with Gasteiger partial charge in [0.15, 0.2) is 6.10 Å². The van der Waals surface area contributed by atoms with Crippen LogP contribution in [0.15, 0.2) is 36.7 Å². The van der Waals surface area contributed by atoms with Crippen molar-refractivity contribution in [2.24, 2.45) is 6.98 Å². The van der Waals surface area contributed by atoms with Crippen molar-refractivity contribution in [2.75, 3.05) is 5.73 Å². The molecule has 0 saturated heterocycles. The Hall–Kier alpha value is -2.97. The summed E-state index contributed by atoms with van der Waals surface area (Å²) in [6, 6.07) is 8.77. The predicted octanol–water partition coefficient (Wildman–Crippen LogP) is 3.85. The minimum atomic E-state index is -2.53. The normalized spacial score (nSPS) is 14.3. The van der Waals surface area contributed by atoms with E-state index in [0.29, 0.717) is 42.6 Å². The van der Waals surface area contributed by atoms with Crippen molar-refractivity contribution in [1.82, 2.24) is 30.2 Å². The second-order valence-corrected chi connectivity index (χ2v) is 6.68. The quantitative estimate of drug-likeness (QED) is 0.536. The van der Waals surface area contributed by atoms with Gasteiger partial charge in [-0.25, -0.2) is 9.97 Å². The van der Waals surface area contributed by atoms with Crippen molar-refractivity contribution in [3.8, 4) is 16.9 Å². The number of halogens is 2. The van der Waals surface area contributed by atoms with Crippen molar-refractivity contribution < 1.29 is 8.85 Å². The highest BCUT2D eigenvalue weighted by molar-refractivity contribution is 6.44. The van der Waals surface area contributed by atoms with Gasteiger partial charge in [0, 0.05) is 15.2 Å². The summed E-state index contributed by atoms with van der Waals surface area (Å²) in [5.41, 5.74) is 8.03. The van der Waals surface area contributed by atoms with Crippen LogP contribution in [0, 0.1) is 0 Å². The molecular formula is C18H15Cl2N7O. The lowest BCUT2D eigenvalue weighted by molar-refractivity contribution is 0.219. The first-order chi connectivity index (χ1) is 14.7. The highest BCUT2D eigenvalue weighted by Gasteiger charge is 2.19. The summed E-state index contributed by atoms with van der Waals surface area (Å²) in [5, 5.41) is 12.5. The number of benzene rings is 2. The lowest BCUT2D eigenvalue weighted by Gasteiger charge is -2.16. The minimum absolute atomic E-state index is 0.0988. The Morgan fingerprint density at radius 1 is 1.18 bits per heavy atom. The van der Waals surface area contributed by atoms with Crippen LogP contribution in [0.4, 0.5) is 5.82 Å². The van der Waals surface area contributed by atoms with E-state index in [4.69, 9.17) is 37.8 Å². The fourth-order valence-corrected chi connectivity index (χ4v) is 3.23.